The molecule has 1 aromatic carbocycles. The van der Waals surface area contributed by atoms with Gasteiger partial charge in [-0.3, -0.25) is 4.79 Å². The second-order valence-electron chi connectivity index (χ2n) is 4.62. The number of hydrogen-bond donors (Lipinski definition) is 2. The third-order valence-electron chi connectivity index (χ3n) is 2.64. The van der Waals surface area contributed by atoms with Crippen molar-refractivity contribution in [3.63, 3.8) is 0 Å². The molecule has 0 aliphatic carbocycles. The molecule has 2 rings (SSSR count). The quantitative estimate of drug-likeness (QED) is 0.605. The molecular weight excluding hydrogens is 348 g/mol. The smallest absolute Gasteiger partial charge is 0.302 e. The van der Waals surface area contributed by atoms with E-state index in [0.717, 1.165) is 15.9 Å². The zero-order valence-electron chi connectivity index (χ0n) is 12.4. The Morgan fingerprint density at radius 2 is 2.14 bits per heavy atom. The van der Waals surface area contributed by atoms with Crippen LogP contribution in [0.1, 0.15) is 12.6 Å². The van der Waals surface area contributed by atoms with Gasteiger partial charge in [0.05, 0.1) is 6.54 Å². The average molecular weight is 365 g/mol. The van der Waals surface area contributed by atoms with Gasteiger partial charge in [-0.1, -0.05) is 22.0 Å². The normalized spacial score (nSPS) is 10.1. The van der Waals surface area contributed by atoms with Crippen LogP contribution in [-0.4, -0.2) is 29.1 Å². The molecule has 0 bridgehead atoms. The Morgan fingerprint density at radius 3 is 2.86 bits per heavy atom. The monoisotopic (exact) mass is 364 g/mol. The highest BCUT2D eigenvalue weighted by atomic mass is 79.9. The van der Waals surface area contributed by atoms with E-state index in [9.17, 15) is 4.79 Å². The number of hydrogen-bond acceptors (Lipinski definition) is 6. The summed E-state index contributed by atoms with van der Waals surface area (Å²) in [5, 5.41) is 6.26. The molecule has 0 saturated carbocycles. The minimum Gasteiger partial charge on any atom is -0.464 e. The first-order valence-electron chi connectivity index (χ1n) is 6.78. The highest BCUT2D eigenvalue weighted by Crippen LogP contribution is 2.20. The van der Waals surface area contributed by atoms with Crippen molar-refractivity contribution in [3.05, 3.63) is 40.5 Å². The number of carbonyl (C=O) groups is 1. The number of aromatic nitrogens is 2. The molecule has 0 unspecified atom stereocenters. The second-order valence-corrected chi connectivity index (χ2v) is 5.54. The lowest BCUT2D eigenvalue weighted by Crippen LogP contribution is -2.14. The lowest BCUT2D eigenvalue weighted by Gasteiger charge is -2.10. The van der Waals surface area contributed by atoms with Gasteiger partial charge in [-0.15, -0.1) is 0 Å². The summed E-state index contributed by atoms with van der Waals surface area (Å²) in [6, 6.07) is 9.68. The molecule has 0 atom stereocenters. The maximum Gasteiger partial charge on any atom is 0.302 e. The highest BCUT2D eigenvalue weighted by Gasteiger charge is 2.03. The number of nitrogens with one attached hydrogen (secondary N) is 2. The van der Waals surface area contributed by atoms with Gasteiger partial charge < -0.3 is 15.4 Å². The van der Waals surface area contributed by atoms with Crippen LogP contribution in [0, 0.1) is 6.92 Å². The standard InChI is InChI=1S/C15H17BrN4O2/c1-10-8-14(19-13-5-3-4-12(16)9-13)20-15(18-10)17-6-7-22-11(2)21/h3-5,8-9H,6-7H2,1-2H3,(H2,17,18,19,20). The number of nitrogens with zero attached hydrogens (tertiary/aromatic N) is 2. The average Bonchev–Trinajstić information content (AvgIpc) is 2.43. The molecular formula is C15H17BrN4O2. The molecule has 0 radical (unpaired) electrons. The van der Waals surface area contributed by atoms with Gasteiger partial charge in [0.2, 0.25) is 5.95 Å². The SMILES string of the molecule is CC(=O)OCCNc1nc(C)cc(Nc2cccc(Br)c2)n1. The Labute approximate surface area is 137 Å². The minimum absolute atomic E-state index is 0.279. The summed E-state index contributed by atoms with van der Waals surface area (Å²) >= 11 is 3.43. The Hall–Kier alpha value is -2.15. The zero-order chi connectivity index (χ0) is 15.9. The van der Waals surface area contributed by atoms with E-state index in [1.807, 2.05) is 37.3 Å². The van der Waals surface area contributed by atoms with Crippen LogP contribution in [0.15, 0.2) is 34.8 Å². The van der Waals surface area contributed by atoms with Gasteiger partial charge in [0, 0.05) is 28.8 Å². The molecule has 2 N–H and O–H groups in total. The van der Waals surface area contributed by atoms with Crippen LogP contribution < -0.4 is 10.6 Å². The number of halogens is 1. The van der Waals surface area contributed by atoms with Crippen LogP contribution in [0.2, 0.25) is 0 Å². The second kappa shape index (κ2) is 7.74. The molecule has 0 amide bonds. The topological polar surface area (TPSA) is 76.1 Å². The summed E-state index contributed by atoms with van der Waals surface area (Å²) in [5.41, 5.74) is 1.76. The van der Waals surface area contributed by atoms with Crippen LogP contribution in [0.3, 0.4) is 0 Å². The molecule has 2 aromatic rings. The maximum absolute atomic E-state index is 10.7. The number of aryl methyl sites for hydroxylation is 1. The predicted molar refractivity (Wildman–Crippen MR) is 89.3 cm³/mol. The predicted octanol–water partition coefficient (Wildman–Crippen LogP) is 3.27. The largest absolute Gasteiger partial charge is 0.464 e. The summed E-state index contributed by atoms with van der Waals surface area (Å²) in [6.45, 7) is 4.01. The molecule has 0 fully saturated rings. The van der Waals surface area contributed by atoms with Crippen LogP contribution in [-0.2, 0) is 9.53 Å². The van der Waals surface area contributed by atoms with Crippen molar-refractivity contribution in [1.29, 1.82) is 0 Å². The van der Waals surface area contributed by atoms with Gasteiger partial charge in [-0.2, -0.15) is 4.98 Å². The Kier molecular flexibility index (Phi) is 5.71. The fraction of sp³-hybridized carbons (Fsp3) is 0.267. The first kappa shape index (κ1) is 16.2. The fourth-order valence-electron chi connectivity index (χ4n) is 1.78. The van der Waals surface area contributed by atoms with E-state index in [1.165, 1.54) is 6.92 Å². The van der Waals surface area contributed by atoms with E-state index in [2.05, 4.69) is 36.5 Å². The minimum atomic E-state index is -0.302. The lowest BCUT2D eigenvalue weighted by molar-refractivity contribution is -0.140. The Bertz CT molecular complexity index is 664. The van der Waals surface area contributed by atoms with Gasteiger partial charge in [-0.05, 0) is 25.1 Å². The van der Waals surface area contributed by atoms with E-state index < -0.39 is 0 Å². The van der Waals surface area contributed by atoms with E-state index >= 15 is 0 Å². The Morgan fingerprint density at radius 1 is 1.32 bits per heavy atom. The maximum atomic E-state index is 10.7. The van der Waals surface area contributed by atoms with Crippen molar-refractivity contribution in [3.8, 4) is 0 Å². The van der Waals surface area contributed by atoms with Gasteiger partial charge in [0.1, 0.15) is 12.4 Å². The Balaban J connectivity index is 2.01. The van der Waals surface area contributed by atoms with E-state index in [4.69, 9.17) is 4.74 Å². The number of rotatable bonds is 6. The van der Waals surface area contributed by atoms with Gasteiger partial charge in [0.25, 0.3) is 0 Å². The molecule has 7 heteroatoms. The molecule has 1 aromatic heterocycles. The number of benzene rings is 1. The van der Waals surface area contributed by atoms with Crippen molar-refractivity contribution in [2.75, 3.05) is 23.8 Å². The zero-order valence-corrected chi connectivity index (χ0v) is 14.0. The van der Waals surface area contributed by atoms with Crippen molar-refractivity contribution in [1.82, 2.24) is 9.97 Å². The highest BCUT2D eigenvalue weighted by molar-refractivity contribution is 9.10. The van der Waals surface area contributed by atoms with Crippen molar-refractivity contribution in [2.45, 2.75) is 13.8 Å². The third kappa shape index (κ3) is 5.33. The molecule has 116 valence electrons. The lowest BCUT2D eigenvalue weighted by atomic mass is 10.3. The number of carbonyl (C=O) groups excluding carboxylic acids is 1. The van der Waals surface area contributed by atoms with Crippen LogP contribution >= 0.6 is 15.9 Å². The first-order chi connectivity index (χ1) is 10.5. The van der Waals surface area contributed by atoms with Gasteiger partial charge in [0.15, 0.2) is 0 Å². The third-order valence-corrected chi connectivity index (χ3v) is 3.13. The number of esters is 1. The van der Waals surface area contributed by atoms with Crippen molar-refractivity contribution in [2.24, 2.45) is 0 Å². The van der Waals surface area contributed by atoms with Gasteiger partial charge in [-0.25, -0.2) is 4.98 Å². The summed E-state index contributed by atoms with van der Waals surface area (Å²) in [6.07, 6.45) is 0. The molecule has 0 spiro atoms. The van der Waals surface area contributed by atoms with E-state index in [0.29, 0.717) is 18.3 Å². The fourth-order valence-corrected chi connectivity index (χ4v) is 2.18. The van der Waals surface area contributed by atoms with E-state index in [1.54, 1.807) is 0 Å². The molecule has 0 aliphatic rings. The van der Waals surface area contributed by atoms with E-state index in [-0.39, 0.29) is 12.6 Å². The summed E-state index contributed by atoms with van der Waals surface area (Å²) in [5.74, 6) is 0.884. The molecule has 0 saturated heterocycles. The van der Waals surface area contributed by atoms with Crippen molar-refractivity contribution >= 4 is 39.4 Å². The van der Waals surface area contributed by atoms with Crippen LogP contribution in [0.25, 0.3) is 0 Å². The molecule has 1 heterocycles. The molecule has 22 heavy (non-hydrogen) atoms. The van der Waals surface area contributed by atoms with Crippen LogP contribution in [0.5, 0.6) is 0 Å². The summed E-state index contributed by atoms with van der Waals surface area (Å²) < 4.78 is 5.84. The summed E-state index contributed by atoms with van der Waals surface area (Å²) in [7, 11) is 0. The number of anilines is 3. The van der Waals surface area contributed by atoms with Crippen molar-refractivity contribution < 1.29 is 9.53 Å². The summed E-state index contributed by atoms with van der Waals surface area (Å²) in [4.78, 5) is 19.4. The number of ether oxygens (including phenoxy) is 1. The van der Waals surface area contributed by atoms with Gasteiger partial charge >= 0.3 is 5.97 Å². The first-order valence-corrected chi connectivity index (χ1v) is 7.58. The molecule has 0 aliphatic heterocycles. The van der Waals surface area contributed by atoms with Crippen LogP contribution in [0.4, 0.5) is 17.5 Å². The molecule has 6 nitrogen and oxygen atoms in total.